The number of hydrogen-bond acceptors (Lipinski definition) is 4. The van der Waals surface area contributed by atoms with Gasteiger partial charge in [-0.05, 0) is 23.9 Å². The molecule has 0 saturated carbocycles. The van der Waals surface area contributed by atoms with E-state index in [-0.39, 0.29) is 12.2 Å². The standard InChI is InChI=1S/C11H12ClFN2O3/c12-14-6-5-11(10(13)7-14)18-9-3-1-8(2-4-9)15(16)17/h1-4,10-11H,5-7H2. The Bertz CT molecular complexity index is 429. The molecular formula is C11H12ClFN2O3. The predicted molar refractivity (Wildman–Crippen MR) is 64.5 cm³/mol. The zero-order chi connectivity index (χ0) is 13.1. The number of hydrogen-bond donors (Lipinski definition) is 0. The number of nitro benzene ring substituents is 1. The molecular weight excluding hydrogens is 263 g/mol. The van der Waals surface area contributed by atoms with Crippen LogP contribution in [0.1, 0.15) is 6.42 Å². The SMILES string of the molecule is O=[N+]([O-])c1ccc(OC2CCN(Cl)CC2F)cc1. The van der Waals surface area contributed by atoms with Crippen LogP contribution in [0.5, 0.6) is 5.75 Å². The molecule has 2 atom stereocenters. The van der Waals surface area contributed by atoms with Crippen LogP contribution in [0.25, 0.3) is 0 Å². The topological polar surface area (TPSA) is 55.6 Å². The molecule has 98 valence electrons. The molecule has 2 unspecified atom stereocenters. The van der Waals surface area contributed by atoms with Gasteiger partial charge < -0.3 is 4.74 Å². The summed E-state index contributed by atoms with van der Waals surface area (Å²) < 4.78 is 20.5. The lowest BCUT2D eigenvalue weighted by atomic mass is 10.1. The highest BCUT2D eigenvalue weighted by Gasteiger charge is 2.30. The number of nitrogens with zero attached hydrogens (tertiary/aromatic N) is 2. The van der Waals surface area contributed by atoms with Gasteiger partial charge in [0.05, 0.1) is 4.92 Å². The maximum atomic E-state index is 13.6. The summed E-state index contributed by atoms with van der Waals surface area (Å²) in [6.07, 6.45) is -1.23. The molecule has 0 N–H and O–H groups in total. The first kappa shape index (κ1) is 13.0. The van der Waals surface area contributed by atoms with Crippen molar-refractivity contribution in [2.75, 3.05) is 13.1 Å². The normalized spacial score (nSPS) is 24.8. The number of halogens is 2. The number of alkyl halides is 1. The smallest absolute Gasteiger partial charge is 0.269 e. The number of rotatable bonds is 3. The van der Waals surface area contributed by atoms with Crippen molar-refractivity contribution >= 4 is 17.5 Å². The van der Waals surface area contributed by atoms with Gasteiger partial charge in [0, 0.05) is 31.6 Å². The fourth-order valence-corrected chi connectivity index (χ4v) is 2.03. The molecule has 0 spiro atoms. The average Bonchev–Trinajstić information content (AvgIpc) is 2.33. The molecule has 0 amide bonds. The number of piperidine rings is 1. The van der Waals surface area contributed by atoms with Crippen LogP contribution in [-0.2, 0) is 0 Å². The van der Waals surface area contributed by atoms with Crippen molar-refractivity contribution < 1.29 is 14.1 Å². The molecule has 1 heterocycles. The summed E-state index contributed by atoms with van der Waals surface area (Å²) in [6.45, 7) is 0.679. The molecule has 5 nitrogen and oxygen atoms in total. The molecule has 1 aliphatic rings. The summed E-state index contributed by atoms with van der Waals surface area (Å²) in [7, 11) is 0. The van der Waals surface area contributed by atoms with E-state index in [4.69, 9.17) is 16.5 Å². The van der Waals surface area contributed by atoms with Crippen LogP contribution in [0, 0.1) is 10.1 Å². The van der Waals surface area contributed by atoms with Crippen LogP contribution in [-0.4, -0.2) is 34.7 Å². The summed E-state index contributed by atoms with van der Waals surface area (Å²) in [5.74, 6) is 0.427. The summed E-state index contributed by atoms with van der Waals surface area (Å²) >= 11 is 5.70. The minimum atomic E-state index is -1.16. The van der Waals surface area contributed by atoms with Crippen molar-refractivity contribution in [1.82, 2.24) is 4.42 Å². The third kappa shape index (κ3) is 3.08. The molecule has 1 fully saturated rings. The molecule has 7 heteroatoms. The highest BCUT2D eigenvalue weighted by Crippen LogP contribution is 2.23. The van der Waals surface area contributed by atoms with Crippen LogP contribution in [0.2, 0.25) is 0 Å². The summed E-state index contributed by atoms with van der Waals surface area (Å²) in [4.78, 5) is 9.98. The molecule has 1 aromatic carbocycles. The first-order chi connectivity index (χ1) is 8.56. The molecule has 1 aromatic rings. The van der Waals surface area contributed by atoms with E-state index < -0.39 is 17.2 Å². The Morgan fingerprint density at radius 1 is 1.44 bits per heavy atom. The Kier molecular flexibility index (Phi) is 3.98. The molecule has 18 heavy (non-hydrogen) atoms. The van der Waals surface area contributed by atoms with Gasteiger partial charge in [0.1, 0.15) is 11.9 Å². The number of nitro groups is 1. The van der Waals surface area contributed by atoms with Gasteiger partial charge in [0.2, 0.25) is 0 Å². The van der Waals surface area contributed by atoms with E-state index in [9.17, 15) is 14.5 Å². The van der Waals surface area contributed by atoms with Gasteiger partial charge in [-0.15, -0.1) is 0 Å². The second-order valence-corrected chi connectivity index (χ2v) is 4.56. The van der Waals surface area contributed by atoms with Crippen LogP contribution < -0.4 is 4.74 Å². The van der Waals surface area contributed by atoms with Gasteiger partial charge in [0.15, 0.2) is 6.17 Å². The third-order valence-electron chi connectivity index (χ3n) is 2.77. The number of non-ortho nitro benzene ring substituents is 1. The van der Waals surface area contributed by atoms with Crippen molar-refractivity contribution in [2.24, 2.45) is 0 Å². The maximum Gasteiger partial charge on any atom is 0.269 e. The van der Waals surface area contributed by atoms with Gasteiger partial charge >= 0.3 is 0 Å². The first-order valence-electron chi connectivity index (χ1n) is 5.52. The van der Waals surface area contributed by atoms with E-state index >= 15 is 0 Å². The highest BCUT2D eigenvalue weighted by molar-refractivity contribution is 6.13. The zero-order valence-electron chi connectivity index (χ0n) is 9.46. The van der Waals surface area contributed by atoms with Crippen LogP contribution in [0.15, 0.2) is 24.3 Å². The Labute approximate surface area is 108 Å². The van der Waals surface area contributed by atoms with Crippen LogP contribution >= 0.6 is 11.8 Å². The monoisotopic (exact) mass is 274 g/mol. The highest BCUT2D eigenvalue weighted by atomic mass is 35.5. The van der Waals surface area contributed by atoms with Crippen molar-refractivity contribution in [3.63, 3.8) is 0 Å². The summed E-state index contributed by atoms with van der Waals surface area (Å²) in [5.41, 5.74) is -0.0188. The molecule has 1 saturated heterocycles. The second-order valence-electron chi connectivity index (χ2n) is 4.08. The largest absolute Gasteiger partial charge is 0.487 e. The minimum Gasteiger partial charge on any atom is -0.487 e. The zero-order valence-corrected chi connectivity index (χ0v) is 10.2. The fourth-order valence-electron chi connectivity index (χ4n) is 1.80. The Hall–Kier alpha value is -1.40. The molecule has 0 bridgehead atoms. The molecule has 0 aliphatic carbocycles. The first-order valence-corrected chi connectivity index (χ1v) is 5.86. The van der Waals surface area contributed by atoms with E-state index in [1.54, 1.807) is 0 Å². The van der Waals surface area contributed by atoms with Crippen molar-refractivity contribution in [3.05, 3.63) is 34.4 Å². The third-order valence-corrected chi connectivity index (χ3v) is 3.07. The Morgan fingerprint density at radius 2 is 2.11 bits per heavy atom. The fraction of sp³-hybridized carbons (Fsp3) is 0.455. The van der Waals surface area contributed by atoms with E-state index in [1.165, 1.54) is 28.7 Å². The van der Waals surface area contributed by atoms with E-state index in [0.29, 0.717) is 18.7 Å². The number of ether oxygens (including phenoxy) is 1. The van der Waals surface area contributed by atoms with Crippen molar-refractivity contribution in [2.45, 2.75) is 18.7 Å². The van der Waals surface area contributed by atoms with E-state index in [1.807, 2.05) is 0 Å². The maximum absolute atomic E-state index is 13.6. The summed E-state index contributed by atoms with van der Waals surface area (Å²) in [6, 6.07) is 5.61. The molecule has 1 aliphatic heterocycles. The Balaban J connectivity index is 1.99. The van der Waals surface area contributed by atoms with Gasteiger partial charge in [-0.1, -0.05) is 0 Å². The molecule has 0 aromatic heterocycles. The minimum absolute atomic E-state index is 0.0188. The van der Waals surface area contributed by atoms with Crippen LogP contribution in [0.3, 0.4) is 0 Å². The quantitative estimate of drug-likeness (QED) is 0.483. The predicted octanol–water partition coefficient (Wildman–Crippen LogP) is 2.54. The van der Waals surface area contributed by atoms with Crippen molar-refractivity contribution in [3.8, 4) is 5.75 Å². The van der Waals surface area contributed by atoms with Gasteiger partial charge in [-0.3, -0.25) is 10.1 Å². The van der Waals surface area contributed by atoms with Crippen molar-refractivity contribution in [1.29, 1.82) is 0 Å². The average molecular weight is 275 g/mol. The lowest BCUT2D eigenvalue weighted by molar-refractivity contribution is -0.384. The summed E-state index contributed by atoms with van der Waals surface area (Å²) in [5, 5.41) is 10.5. The lowest BCUT2D eigenvalue weighted by Gasteiger charge is -2.30. The number of benzene rings is 1. The van der Waals surface area contributed by atoms with E-state index in [0.717, 1.165) is 0 Å². The molecule has 0 radical (unpaired) electrons. The van der Waals surface area contributed by atoms with E-state index in [2.05, 4.69) is 0 Å². The van der Waals surface area contributed by atoms with Gasteiger partial charge in [0.25, 0.3) is 5.69 Å². The van der Waals surface area contributed by atoms with Gasteiger partial charge in [-0.25, -0.2) is 8.81 Å². The Morgan fingerprint density at radius 3 is 2.67 bits per heavy atom. The van der Waals surface area contributed by atoms with Crippen LogP contribution in [0.4, 0.5) is 10.1 Å². The lowest BCUT2D eigenvalue weighted by Crippen LogP contribution is -2.43. The molecule has 2 rings (SSSR count). The van der Waals surface area contributed by atoms with Gasteiger partial charge in [-0.2, -0.15) is 0 Å². The second kappa shape index (κ2) is 5.49.